The van der Waals surface area contributed by atoms with E-state index in [-0.39, 0.29) is 0 Å². The first-order valence-electron chi connectivity index (χ1n) is 7.74. The van der Waals surface area contributed by atoms with Crippen molar-refractivity contribution in [2.45, 2.75) is 33.2 Å². The Bertz CT molecular complexity index is 835. The Morgan fingerprint density at radius 1 is 1.08 bits per heavy atom. The third kappa shape index (κ3) is 3.68. The second kappa shape index (κ2) is 7.35. The van der Waals surface area contributed by atoms with Gasteiger partial charge in [-0.05, 0) is 25.0 Å². The van der Waals surface area contributed by atoms with Gasteiger partial charge in [0.15, 0.2) is 0 Å². The van der Waals surface area contributed by atoms with Crippen LogP contribution in [0.5, 0.6) is 0 Å². The summed E-state index contributed by atoms with van der Waals surface area (Å²) >= 11 is 5.97. The van der Waals surface area contributed by atoms with Crippen molar-refractivity contribution in [3.05, 3.63) is 46.6 Å². The summed E-state index contributed by atoms with van der Waals surface area (Å²) in [4.78, 5) is 8.80. The highest BCUT2D eigenvalue weighted by atomic mass is 35.5. The van der Waals surface area contributed by atoms with E-state index in [2.05, 4.69) is 30.6 Å². The number of nitrogens with one attached hydrogen (secondary N) is 1. The predicted molar refractivity (Wildman–Crippen MR) is 90.7 cm³/mol. The Hall–Kier alpha value is -2.54. The van der Waals surface area contributed by atoms with E-state index in [1.165, 1.54) is 0 Å². The lowest BCUT2D eigenvalue weighted by Crippen LogP contribution is -2.09. The lowest BCUT2D eigenvalue weighted by atomic mass is 10.2. The quantitative estimate of drug-likeness (QED) is 0.733. The largest absolute Gasteiger partial charge is 0.344 e. The van der Waals surface area contributed by atoms with Crippen LogP contribution in [0.25, 0.3) is 11.4 Å². The van der Waals surface area contributed by atoms with Crippen molar-refractivity contribution < 1.29 is 4.52 Å². The lowest BCUT2D eigenvalue weighted by molar-refractivity contribution is 0.383. The molecule has 0 fully saturated rings. The second-order valence-electron chi connectivity index (χ2n) is 5.11. The minimum atomic E-state index is 0.323. The number of hydrogen-bond donors (Lipinski definition) is 1. The molecular weight excluding hydrogens is 328 g/mol. The summed E-state index contributed by atoms with van der Waals surface area (Å²) in [6, 6.07) is 7.29. The lowest BCUT2D eigenvalue weighted by Gasteiger charge is -2.05. The van der Waals surface area contributed by atoms with Gasteiger partial charge in [-0.15, -0.1) is 5.10 Å². The van der Waals surface area contributed by atoms with Gasteiger partial charge in [-0.2, -0.15) is 10.1 Å². The molecule has 24 heavy (non-hydrogen) atoms. The van der Waals surface area contributed by atoms with E-state index in [0.29, 0.717) is 29.2 Å². The van der Waals surface area contributed by atoms with Gasteiger partial charge >= 0.3 is 0 Å². The molecule has 124 valence electrons. The van der Waals surface area contributed by atoms with Crippen molar-refractivity contribution in [1.29, 1.82) is 0 Å². The molecule has 0 spiro atoms. The highest BCUT2D eigenvalue weighted by molar-refractivity contribution is 6.30. The minimum Gasteiger partial charge on any atom is -0.344 e. The Kier molecular flexibility index (Phi) is 5.00. The monoisotopic (exact) mass is 344 g/mol. The summed E-state index contributed by atoms with van der Waals surface area (Å²) in [5.74, 6) is 1.38. The number of benzene rings is 1. The van der Waals surface area contributed by atoms with E-state index in [1.807, 2.05) is 26.0 Å². The predicted octanol–water partition coefficient (Wildman–Crippen LogP) is 3.31. The van der Waals surface area contributed by atoms with Gasteiger partial charge in [0.1, 0.15) is 0 Å². The van der Waals surface area contributed by atoms with E-state index in [0.717, 1.165) is 29.8 Å². The van der Waals surface area contributed by atoms with Gasteiger partial charge in [-0.3, -0.25) is 0 Å². The molecule has 0 unspecified atom stereocenters. The molecule has 8 heteroatoms. The Labute approximate surface area is 144 Å². The highest BCUT2D eigenvalue weighted by Crippen LogP contribution is 2.20. The van der Waals surface area contributed by atoms with E-state index in [1.54, 1.807) is 12.1 Å². The summed E-state index contributed by atoms with van der Waals surface area (Å²) in [5, 5.41) is 15.9. The fourth-order valence-corrected chi connectivity index (χ4v) is 2.43. The number of halogens is 1. The molecule has 0 radical (unpaired) electrons. The summed E-state index contributed by atoms with van der Waals surface area (Å²) in [7, 11) is 0. The fraction of sp³-hybridized carbons (Fsp3) is 0.312. The zero-order chi connectivity index (χ0) is 16.9. The van der Waals surface area contributed by atoms with E-state index in [9.17, 15) is 0 Å². The number of anilines is 1. The van der Waals surface area contributed by atoms with Gasteiger partial charge in [-0.1, -0.05) is 42.7 Å². The van der Waals surface area contributed by atoms with Crippen LogP contribution < -0.4 is 5.32 Å². The zero-order valence-corrected chi connectivity index (χ0v) is 14.2. The van der Waals surface area contributed by atoms with E-state index >= 15 is 0 Å². The second-order valence-corrected chi connectivity index (χ2v) is 5.55. The standard InChI is InChI=1S/C16H17ClN6O/c1-3-12-13(4-2)21-22-16(19-12)18-9-14-20-15(23-24-14)10-6-5-7-11(17)8-10/h5-8H,3-4,9H2,1-2H3,(H,18,19,22). The molecule has 0 aliphatic rings. The van der Waals surface area contributed by atoms with Crippen LogP contribution in [0, 0.1) is 0 Å². The first-order chi connectivity index (χ1) is 11.7. The van der Waals surface area contributed by atoms with Crippen molar-refractivity contribution in [3.63, 3.8) is 0 Å². The number of aryl methyl sites for hydroxylation is 2. The SMILES string of the molecule is CCc1nnc(NCc2nc(-c3cccc(Cl)c3)no2)nc1CC. The number of nitrogens with zero attached hydrogens (tertiary/aromatic N) is 5. The third-order valence-electron chi connectivity index (χ3n) is 3.46. The number of rotatable bonds is 6. The smallest absolute Gasteiger partial charge is 0.246 e. The van der Waals surface area contributed by atoms with Crippen LogP contribution in [0.1, 0.15) is 31.1 Å². The average molecular weight is 345 g/mol. The van der Waals surface area contributed by atoms with Gasteiger partial charge in [0, 0.05) is 10.6 Å². The van der Waals surface area contributed by atoms with Crippen LogP contribution in [-0.2, 0) is 19.4 Å². The van der Waals surface area contributed by atoms with Crippen LogP contribution in [0.15, 0.2) is 28.8 Å². The number of aromatic nitrogens is 5. The molecule has 7 nitrogen and oxygen atoms in total. The number of hydrogen-bond acceptors (Lipinski definition) is 7. The maximum absolute atomic E-state index is 5.97. The van der Waals surface area contributed by atoms with Gasteiger partial charge in [0.25, 0.3) is 0 Å². The first-order valence-corrected chi connectivity index (χ1v) is 8.12. The van der Waals surface area contributed by atoms with Crippen LogP contribution in [0.4, 0.5) is 5.95 Å². The molecular formula is C16H17ClN6O. The fourth-order valence-electron chi connectivity index (χ4n) is 2.24. The van der Waals surface area contributed by atoms with Crippen molar-refractivity contribution in [3.8, 4) is 11.4 Å². The maximum atomic E-state index is 5.97. The molecule has 0 bridgehead atoms. The topological polar surface area (TPSA) is 89.6 Å². The van der Waals surface area contributed by atoms with Gasteiger partial charge in [0.2, 0.25) is 17.7 Å². The molecule has 3 rings (SSSR count). The minimum absolute atomic E-state index is 0.323. The van der Waals surface area contributed by atoms with Crippen molar-refractivity contribution >= 4 is 17.5 Å². The van der Waals surface area contributed by atoms with Crippen LogP contribution in [0.2, 0.25) is 5.02 Å². The first kappa shape index (κ1) is 16.3. The Morgan fingerprint density at radius 3 is 2.67 bits per heavy atom. The molecule has 0 amide bonds. The zero-order valence-electron chi connectivity index (χ0n) is 13.5. The molecule has 1 N–H and O–H groups in total. The molecule has 0 aliphatic carbocycles. The molecule has 0 saturated carbocycles. The highest BCUT2D eigenvalue weighted by Gasteiger charge is 2.10. The summed E-state index contributed by atoms with van der Waals surface area (Å²) < 4.78 is 5.24. The van der Waals surface area contributed by atoms with Crippen molar-refractivity contribution in [2.24, 2.45) is 0 Å². The summed E-state index contributed by atoms with van der Waals surface area (Å²) in [6.45, 7) is 4.40. The Morgan fingerprint density at radius 2 is 1.92 bits per heavy atom. The molecule has 3 aromatic rings. The Balaban J connectivity index is 1.69. The van der Waals surface area contributed by atoms with E-state index < -0.39 is 0 Å². The molecule has 0 saturated heterocycles. The van der Waals surface area contributed by atoms with E-state index in [4.69, 9.17) is 16.1 Å². The summed E-state index contributed by atoms with van der Waals surface area (Å²) in [6.07, 6.45) is 1.63. The van der Waals surface area contributed by atoms with Crippen molar-refractivity contribution in [2.75, 3.05) is 5.32 Å². The van der Waals surface area contributed by atoms with Crippen LogP contribution >= 0.6 is 11.6 Å². The average Bonchev–Trinajstić information content (AvgIpc) is 3.08. The molecule has 2 heterocycles. The maximum Gasteiger partial charge on any atom is 0.246 e. The third-order valence-corrected chi connectivity index (χ3v) is 3.69. The molecule has 0 atom stereocenters. The van der Waals surface area contributed by atoms with Gasteiger partial charge in [0.05, 0.1) is 17.9 Å². The normalized spacial score (nSPS) is 10.8. The van der Waals surface area contributed by atoms with Gasteiger partial charge in [-0.25, -0.2) is 4.98 Å². The van der Waals surface area contributed by atoms with Crippen LogP contribution in [0.3, 0.4) is 0 Å². The van der Waals surface area contributed by atoms with Crippen molar-refractivity contribution in [1.82, 2.24) is 25.3 Å². The van der Waals surface area contributed by atoms with Gasteiger partial charge < -0.3 is 9.84 Å². The molecule has 0 aliphatic heterocycles. The molecule has 1 aromatic carbocycles. The van der Waals surface area contributed by atoms with Crippen LogP contribution in [-0.4, -0.2) is 25.3 Å². The molecule has 2 aromatic heterocycles. The summed E-state index contributed by atoms with van der Waals surface area (Å²) in [5.41, 5.74) is 2.67.